The Morgan fingerprint density at radius 2 is 2.11 bits per heavy atom. The first kappa shape index (κ1) is 13.8. The van der Waals surface area contributed by atoms with E-state index in [9.17, 15) is 10.2 Å². The van der Waals surface area contributed by atoms with Gasteiger partial charge >= 0.3 is 0 Å². The lowest BCUT2D eigenvalue weighted by Crippen LogP contribution is -2.33. The number of rotatable bonds is 5. The van der Waals surface area contributed by atoms with E-state index in [4.69, 9.17) is 0 Å². The molecule has 0 radical (unpaired) electrons. The van der Waals surface area contributed by atoms with Gasteiger partial charge in [-0.25, -0.2) is 0 Å². The van der Waals surface area contributed by atoms with E-state index < -0.39 is 6.10 Å². The Morgan fingerprint density at radius 1 is 1.37 bits per heavy atom. The van der Waals surface area contributed by atoms with Crippen LogP contribution in [0.25, 0.3) is 10.9 Å². The fourth-order valence-electron chi connectivity index (χ4n) is 2.08. The zero-order chi connectivity index (χ0) is 14.0. The Morgan fingerprint density at radius 3 is 2.79 bits per heavy atom. The van der Waals surface area contributed by atoms with E-state index in [0.717, 1.165) is 11.1 Å². The molecular formula is C14H21N3O2. The molecule has 2 rings (SSSR count). The first-order valence-electron chi connectivity index (χ1n) is 6.56. The summed E-state index contributed by atoms with van der Waals surface area (Å²) in [4.78, 5) is 0. The van der Waals surface area contributed by atoms with Gasteiger partial charge in [-0.05, 0) is 18.6 Å². The molecule has 0 saturated heterocycles. The largest absolute Gasteiger partial charge is 0.507 e. The molecule has 5 nitrogen and oxygen atoms in total. The minimum atomic E-state index is -0.520. The minimum Gasteiger partial charge on any atom is -0.507 e. The Balaban J connectivity index is 2.19. The molecule has 0 bridgehead atoms. The first-order chi connectivity index (χ1) is 8.99. The van der Waals surface area contributed by atoms with Crippen molar-refractivity contribution >= 4 is 10.9 Å². The Hall–Kier alpha value is -1.59. The number of hydrogen-bond donors (Lipinski definition) is 4. The molecule has 2 aromatic rings. The van der Waals surface area contributed by atoms with Crippen LogP contribution in [-0.4, -0.2) is 39.1 Å². The summed E-state index contributed by atoms with van der Waals surface area (Å²) in [6, 6.07) is 4.07. The van der Waals surface area contributed by atoms with Crippen LogP contribution in [0.3, 0.4) is 0 Å². The van der Waals surface area contributed by atoms with Crippen molar-refractivity contribution in [1.82, 2.24) is 15.5 Å². The molecule has 5 heteroatoms. The van der Waals surface area contributed by atoms with E-state index in [0.29, 0.717) is 30.1 Å². The molecule has 0 aliphatic carbocycles. The molecule has 1 atom stereocenters. The molecule has 19 heavy (non-hydrogen) atoms. The predicted molar refractivity (Wildman–Crippen MR) is 75.3 cm³/mol. The van der Waals surface area contributed by atoms with Crippen molar-refractivity contribution < 1.29 is 10.2 Å². The molecule has 0 aliphatic heterocycles. The fraction of sp³-hybridized carbons (Fsp3) is 0.500. The number of phenolic OH excluding ortho intramolecular Hbond substituents is 1. The maximum Gasteiger partial charge on any atom is 0.129 e. The number of benzene rings is 1. The lowest BCUT2D eigenvalue weighted by Gasteiger charge is -2.13. The number of aromatic amines is 1. The highest BCUT2D eigenvalue weighted by molar-refractivity contribution is 5.88. The second kappa shape index (κ2) is 5.59. The van der Waals surface area contributed by atoms with E-state index >= 15 is 0 Å². The van der Waals surface area contributed by atoms with E-state index in [1.807, 2.05) is 32.9 Å². The number of fused-ring (bicyclic) bond motifs is 1. The maximum atomic E-state index is 10.1. The van der Waals surface area contributed by atoms with Crippen LogP contribution in [0.1, 0.15) is 25.1 Å². The molecule has 4 N–H and O–H groups in total. The maximum absolute atomic E-state index is 10.1. The third kappa shape index (κ3) is 3.05. The van der Waals surface area contributed by atoms with Crippen LogP contribution in [0.15, 0.2) is 12.1 Å². The number of phenols is 1. The van der Waals surface area contributed by atoms with Gasteiger partial charge in [0.25, 0.3) is 0 Å². The van der Waals surface area contributed by atoms with Crippen molar-refractivity contribution in [1.29, 1.82) is 0 Å². The lowest BCUT2D eigenvalue weighted by atomic mass is 10.1. The van der Waals surface area contributed by atoms with Gasteiger partial charge in [0.2, 0.25) is 0 Å². The van der Waals surface area contributed by atoms with E-state index in [2.05, 4.69) is 15.5 Å². The topological polar surface area (TPSA) is 81.2 Å². The summed E-state index contributed by atoms with van der Waals surface area (Å²) in [6.45, 7) is 6.43. The molecule has 0 amide bonds. The Kier molecular flexibility index (Phi) is 4.07. The molecule has 1 aromatic carbocycles. The van der Waals surface area contributed by atoms with Crippen molar-refractivity contribution in [2.24, 2.45) is 0 Å². The normalized spacial score (nSPS) is 13.3. The zero-order valence-corrected chi connectivity index (χ0v) is 11.6. The van der Waals surface area contributed by atoms with Crippen molar-refractivity contribution in [3.8, 4) is 5.75 Å². The highest BCUT2D eigenvalue weighted by Crippen LogP contribution is 2.30. The predicted octanol–water partition coefficient (Wildman–Crippen LogP) is 1.48. The summed E-state index contributed by atoms with van der Waals surface area (Å²) in [5.74, 6) is 0.241. The van der Waals surface area contributed by atoms with Gasteiger partial charge < -0.3 is 15.5 Å². The van der Waals surface area contributed by atoms with Crippen LogP contribution in [0.2, 0.25) is 0 Å². The lowest BCUT2D eigenvalue weighted by molar-refractivity contribution is 0.168. The molecule has 0 aliphatic rings. The molecule has 1 heterocycles. The van der Waals surface area contributed by atoms with Crippen molar-refractivity contribution in [2.45, 2.75) is 39.3 Å². The first-order valence-corrected chi connectivity index (χ1v) is 6.56. The Labute approximate surface area is 112 Å². The van der Waals surface area contributed by atoms with Crippen molar-refractivity contribution in [3.63, 3.8) is 0 Å². The van der Waals surface area contributed by atoms with Crippen LogP contribution in [0.5, 0.6) is 5.75 Å². The standard InChI is InChI=1S/C14H21N3O2/c1-8(2)15-7-10(18)6-12-13-11(16-17-12)5-4-9(3)14(13)19/h4-5,8,10,15,18-19H,6-7H2,1-3H3,(H,16,17). The van der Waals surface area contributed by atoms with Crippen LogP contribution in [0, 0.1) is 6.92 Å². The monoisotopic (exact) mass is 263 g/mol. The van der Waals surface area contributed by atoms with E-state index in [1.165, 1.54) is 0 Å². The Bertz CT molecular complexity index is 563. The number of hydrogen-bond acceptors (Lipinski definition) is 4. The van der Waals surface area contributed by atoms with Gasteiger partial charge in [-0.2, -0.15) is 5.10 Å². The third-order valence-electron chi connectivity index (χ3n) is 3.17. The number of aliphatic hydroxyl groups excluding tert-OH is 1. The number of aryl methyl sites for hydroxylation is 1. The molecule has 0 spiro atoms. The van der Waals surface area contributed by atoms with Gasteiger partial charge in [0, 0.05) is 19.0 Å². The quantitative estimate of drug-likeness (QED) is 0.658. The minimum absolute atomic E-state index is 0.241. The van der Waals surface area contributed by atoms with Crippen molar-refractivity contribution in [2.75, 3.05) is 6.54 Å². The zero-order valence-electron chi connectivity index (χ0n) is 11.6. The summed E-state index contributed by atoms with van der Waals surface area (Å²) < 4.78 is 0. The fourth-order valence-corrected chi connectivity index (χ4v) is 2.08. The van der Waals surface area contributed by atoms with E-state index in [1.54, 1.807) is 0 Å². The summed E-state index contributed by atoms with van der Waals surface area (Å²) >= 11 is 0. The van der Waals surface area contributed by atoms with Crippen LogP contribution in [0.4, 0.5) is 0 Å². The molecule has 0 saturated carbocycles. The molecule has 1 unspecified atom stereocenters. The highest BCUT2D eigenvalue weighted by atomic mass is 16.3. The summed E-state index contributed by atoms with van der Waals surface area (Å²) in [5.41, 5.74) is 2.31. The highest BCUT2D eigenvalue weighted by Gasteiger charge is 2.15. The second-order valence-electron chi connectivity index (χ2n) is 5.24. The van der Waals surface area contributed by atoms with Gasteiger partial charge in [0.1, 0.15) is 5.75 Å². The van der Waals surface area contributed by atoms with Gasteiger partial charge in [-0.3, -0.25) is 5.10 Å². The third-order valence-corrected chi connectivity index (χ3v) is 3.17. The number of H-pyrrole nitrogens is 1. The van der Waals surface area contributed by atoms with Gasteiger partial charge in [0.05, 0.1) is 22.7 Å². The molecule has 104 valence electrons. The number of aliphatic hydroxyl groups is 1. The van der Waals surface area contributed by atoms with Crippen molar-refractivity contribution in [3.05, 3.63) is 23.4 Å². The smallest absolute Gasteiger partial charge is 0.129 e. The van der Waals surface area contributed by atoms with Crippen LogP contribution < -0.4 is 5.32 Å². The van der Waals surface area contributed by atoms with Gasteiger partial charge in [-0.15, -0.1) is 0 Å². The SMILES string of the molecule is Cc1ccc2[nH]nc(CC(O)CNC(C)C)c2c1O. The summed E-state index contributed by atoms with van der Waals surface area (Å²) in [7, 11) is 0. The number of aromatic nitrogens is 2. The summed E-state index contributed by atoms with van der Waals surface area (Å²) in [5, 5.41) is 31.1. The number of aromatic hydroxyl groups is 1. The molecule has 0 fully saturated rings. The number of nitrogens with zero attached hydrogens (tertiary/aromatic N) is 1. The number of nitrogens with one attached hydrogen (secondary N) is 2. The van der Waals surface area contributed by atoms with E-state index in [-0.39, 0.29) is 5.75 Å². The molecular weight excluding hydrogens is 242 g/mol. The van der Waals surface area contributed by atoms with Gasteiger partial charge in [-0.1, -0.05) is 19.9 Å². The van der Waals surface area contributed by atoms with Crippen LogP contribution >= 0.6 is 0 Å². The second-order valence-corrected chi connectivity index (χ2v) is 5.24. The average Bonchev–Trinajstić information content (AvgIpc) is 2.75. The molecule has 1 aromatic heterocycles. The average molecular weight is 263 g/mol. The van der Waals surface area contributed by atoms with Crippen LogP contribution in [-0.2, 0) is 6.42 Å². The van der Waals surface area contributed by atoms with Gasteiger partial charge in [0.15, 0.2) is 0 Å². The summed E-state index contributed by atoms with van der Waals surface area (Å²) in [6.07, 6.45) is -0.106.